The van der Waals surface area contributed by atoms with Gasteiger partial charge in [-0.1, -0.05) is 12.1 Å². The topological polar surface area (TPSA) is 98.2 Å². The second-order valence-electron chi connectivity index (χ2n) is 3.62. The Kier molecular flexibility index (Phi) is 4.59. The molecule has 2 amide bonds. The summed E-state index contributed by atoms with van der Waals surface area (Å²) in [6.07, 6.45) is -0.199. The standard InChI is InChI=1S/C11H14FN3O2/c12-8-3-1-7(2-4-8)6-15-11(17)9(13)5-10(14)16/h1-4,9H,5-6,13H2,(H2,14,16)(H,15,17). The number of benzene rings is 1. The highest BCUT2D eigenvalue weighted by Crippen LogP contribution is 2.02. The van der Waals surface area contributed by atoms with Gasteiger partial charge in [0, 0.05) is 6.54 Å². The maximum Gasteiger partial charge on any atom is 0.237 e. The molecule has 1 unspecified atom stereocenters. The number of carbonyl (C=O) groups excluding carboxylic acids is 2. The monoisotopic (exact) mass is 239 g/mol. The molecule has 0 saturated carbocycles. The lowest BCUT2D eigenvalue weighted by Gasteiger charge is -2.10. The molecular formula is C11H14FN3O2. The van der Waals surface area contributed by atoms with Crippen LogP contribution in [0.3, 0.4) is 0 Å². The molecule has 0 radical (unpaired) electrons. The largest absolute Gasteiger partial charge is 0.370 e. The van der Waals surface area contributed by atoms with Crippen molar-refractivity contribution < 1.29 is 14.0 Å². The van der Waals surface area contributed by atoms with Crippen molar-refractivity contribution >= 4 is 11.8 Å². The Bertz CT molecular complexity index is 406. The van der Waals surface area contributed by atoms with Crippen molar-refractivity contribution in [2.75, 3.05) is 0 Å². The molecule has 0 fully saturated rings. The Balaban J connectivity index is 2.42. The van der Waals surface area contributed by atoms with Crippen molar-refractivity contribution in [1.29, 1.82) is 0 Å². The van der Waals surface area contributed by atoms with E-state index < -0.39 is 17.9 Å². The van der Waals surface area contributed by atoms with Gasteiger partial charge in [-0.2, -0.15) is 0 Å². The third-order valence-electron chi connectivity index (χ3n) is 2.14. The van der Waals surface area contributed by atoms with Crippen LogP contribution in [0.2, 0.25) is 0 Å². The number of primary amides is 1. The van der Waals surface area contributed by atoms with E-state index in [0.29, 0.717) is 0 Å². The summed E-state index contributed by atoms with van der Waals surface area (Å²) in [6, 6.07) is 4.74. The first-order valence-electron chi connectivity index (χ1n) is 5.05. The molecule has 6 heteroatoms. The van der Waals surface area contributed by atoms with Crippen LogP contribution >= 0.6 is 0 Å². The van der Waals surface area contributed by atoms with Crippen LogP contribution in [0.5, 0.6) is 0 Å². The van der Waals surface area contributed by atoms with Gasteiger partial charge in [0.25, 0.3) is 0 Å². The van der Waals surface area contributed by atoms with Crippen molar-refractivity contribution in [1.82, 2.24) is 5.32 Å². The summed E-state index contributed by atoms with van der Waals surface area (Å²) >= 11 is 0. The summed E-state index contributed by atoms with van der Waals surface area (Å²) in [4.78, 5) is 21.9. The molecule has 0 saturated heterocycles. The lowest BCUT2D eigenvalue weighted by Crippen LogP contribution is -2.42. The maximum absolute atomic E-state index is 12.6. The predicted molar refractivity (Wildman–Crippen MR) is 60.0 cm³/mol. The highest BCUT2D eigenvalue weighted by atomic mass is 19.1. The molecule has 0 aliphatic carbocycles. The molecule has 1 atom stereocenters. The predicted octanol–water partition coefficient (Wildman–Crippen LogP) is -0.355. The Labute approximate surface area is 98.0 Å². The van der Waals surface area contributed by atoms with Crippen LogP contribution in [0.15, 0.2) is 24.3 Å². The average Bonchev–Trinajstić information content (AvgIpc) is 2.27. The first-order valence-corrected chi connectivity index (χ1v) is 5.05. The van der Waals surface area contributed by atoms with Crippen LogP contribution in [0.4, 0.5) is 4.39 Å². The Morgan fingerprint density at radius 3 is 2.41 bits per heavy atom. The highest BCUT2D eigenvalue weighted by Gasteiger charge is 2.15. The number of hydrogen-bond donors (Lipinski definition) is 3. The van der Waals surface area contributed by atoms with Crippen LogP contribution in [0.1, 0.15) is 12.0 Å². The fraction of sp³-hybridized carbons (Fsp3) is 0.273. The van der Waals surface area contributed by atoms with Gasteiger partial charge in [0.2, 0.25) is 11.8 Å². The zero-order valence-corrected chi connectivity index (χ0v) is 9.15. The average molecular weight is 239 g/mol. The normalized spacial score (nSPS) is 11.9. The van der Waals surface area contributed by atoms with Gasteiger partial charge in [0.15, 0.2) is 0 Å². The molecule has 0 bridgehead atoms. The third kappa shape index (κ3) is 4.60. The van der Waals surface area contributed by atoms with Crippen molar-refractivity contribution in [2.45, 2.75) is 19.0 Å². The summed E-state index contributed by atoms with van der Waals surface area (Å²) in [5, 5.41) is 2.53. The van der Waals surface area contributed by atoms with E-state index in [9.17, 15) is 14.0 Å². The highest BCUT2D eigenvalue weighted by molar-refractivity contribution is 5.87. The molecular weight excluding hydrogens is 225 g/mol. The minimum atomic E-state index is -0.951. The van der Waals surface area contributed by atoms with Gasteiger partial charge >= 0.3 is 0 Å². The van der Waals surface area contributed by atoms with Gasteiger partial charge in [-0.05, 0) is 17.7 Å². The molecule has 0 aliphatic heterocycles. The fourth-order valence-electron chi connectivity index (χ4n) is 1.23. The minimum absolute atomic E-state index is 0.199. The minimum Gasteiger partial charge on any atom is -0.370 e. The van der Waals surface area contributed by atoms with Crippen LogP contribution < -0.4 is 16.8 Å². The Morgan fingerprint density at radius 1 is 1.29 bits per heavy atom. The van der Waals surface area contributed by atoms with Crippen LogP contribution in [0, 0.1) is 5.82 Å². The van der Waals surface area contributed by atoms with E-state index in [-0.39, 0.29) is 18.8 Å². The quantitative estimate of drug-likeness (QED) is 0.654. The number of amides is 2. The van der Waals surface area contributed by atoms with Crippen molar-refractivity contribution in [2.24, 2.45) is 11.5 Å². The molecule has 0 aliphatic rings. The van der Waals surface area contributed by atoms with Crippen molar-refractivity contribution in [3.63, 3.8) is 0 Å². The van der Waals surface area contributed by atoms with Crippen LogP contribution in [0.25, 0.3) is 0 Å². The van der Waals surface area contributed by atoms with E-state index in [2.05, 4.69) is 5.32 Å². The lowest BCUT2D eigenvalue weighted by atomic mass is 10.2. The fourth-order valence-corrected chi connectivity index (χ4v) is 1.23. The number of nitrogens with two attached hydrogens (primary N) is 2. The summed E-state index contributed by atoms with van der Waals surface area (Å²) < 4.78 is 12.6. The Hall–Kier alpha value is -1.95. The van der Waals surface area contributed by atoms with E-state index in [0.717, 1.165) is 5.56 Å². The first kappa shape index (κ1) is 13.1. The van der Waals surface area contributed by atoms with E-state index in [1.54, 1.807) is 12.1 Å². The summed E-state index contributed by atoms with van der Waals surface area (Å²) in [6.45, 7) is 0.228. The van der Waals surface area contributed by atoms with Gasteiger partial charge in [-0.3, -0.25) is 9.59 Å². The van der Waals surface area contributed by atoms with E-state index in [1.165, 1.54) is 12.1 Å². The molecule has 0 aromatic heterocycles. The van der Waals surface area contributed by atoms with Crippen LogP contribution in [-0.2, 0) is 16.1 Å². The molecule has 17 heavy (non-hydrogen) atoms. The number of rotatable bonds is 5. The first-order chi connectivity index (χ1) is 7.99. The van der Waals surface area contributed by atoms with Crippen LogP contribution in [-0.4, -0.2) is 17.9 Å². The number of carbonyl (C=O) groups is 2. The SMILES string of the molecule is NC(=O)CC(N)C(=O)NCc1ccc(F)cc1. The number of halogens is 1. The van der Waals surface area contributed by atoms with Gasteiger partial charge in [-0.25, -0.2) is 4.39 Å². The lowest BCUT2D eigenvalue weighted by molar-refractivity contribution is -0.126. The van der Waals surface area contributed by atoms with Gasteiger partial charge in [0.05, 0.1) is 12.5 Å². The summed E-state index contributed by atoms with van der Waals surface area (Å²) in [5.41, 5.74) is 11.1. The molecule has 5 nitrogen and oxygen atoms in total. The summed E-state index contributed by atoms with van der Waals surface area (Å²) in [5.74, 6) is -1.44. The smallest absolute Gasteiger partial charge is 0.237 e. The van der Waals surface area contributed by atoms with Crippen molar-refractivity contribution in [3.8, 4) is 0 Å². The number of nitrogens with one attached hydrogen (secondary N) is 1. The molecule has 1 aromatic rings. The second kappa shape index (κ2) is 5.95. The number of hydrogen-bond acceptors (Lipinski definition) is 3. The zero-order chi connectivity index (χ0) is 12.8. The van der Waals surface area contributed by atoms with Gasteiger partial charge in [0.1, 0.15) is 5.82 Å². The molecule has 0 heterocycles. The van der Waals surface area contributed by atoms with E-state index in [4.69, 9.17) is 11.5 Å². The molecule has 0 spiro atoms. The Morgan fingerprint density at radius 2 is 1.88 bits per heavy atom. The van der Waals surface area contributed by atoms with Gasteiger partial charge < -0.3 is 16.8 Å². The maximum atomic E-state index is 12.6. The van der Waals surface area contributed by atoms with Crippen molar-refractivity contribution in [3.05, 3.63) is 35.6 Å². The molecule has 1 rings (SSSR count). The zero-order valence-electron chi connectivity index (χ0n) is 9.15. The van der Waals surface area contributed by atoms with E-state index >= 15 is 0 Å². The molecule has 92 valence electrons. The second-order valence-corrected chi connectivity index (χ2v) is 3.62. The third-order valence-corrected chi connectivity index (χ3v) is 2.14. The molecule has 1 aromatic carbocycles. The van der Waals surface area contributed by atoms with Gasteiger partial charge in [-0.15, -0.1) is 0 Å². The molecule has 5 N–H and O–H groups in total. The van der Waals surface area contributed by atoms with E-state index in [1.807, 2.05) is 0 Å². The summed E-state index contributed by atoms with van der Waals surface area (Å²) in [7, 11) is 0.